The Balaban J connectivity index is 1.95. The van der Waals surface area contributed by atoms with Crippen LogP contribution in [0.25, 0.3) is 0 Å². The van der Waals surface area contributed by atoms with Crippen molar-refractivity contribution in [2.45, 2.75) is 25.9 Å². The van der Waals surface area contributed by atoms with Crippen molar-refractivity contribution >= 4 is 17.4 Å². The molecule has 1 aromatic rings. The van der Waals surface area contributed by atoms with E-state index in [9.17, 15) is 9.59 Å². The molecule has 1 aliphatic heterocycles. The smallest absolute Gasteiger partial charge is 0.267 e. The molecule has 0 spiro atoms. The topological polar surface area (TPSA) is 91.2 Å². The predicted molar refractivity (Wildman–Crippen MR) is 85.7 cm³/mol. The van der Waals surface area contributed by atoms with Gasteiger partial charge in [0.05, 0.1) is 6.10 Å². The maximum absolute atomic E-state index is 12.1. The van der Waals surface area contributed by atoms with Crippen LogP contribution in [0.3, 0.4) is 0 Å². The van der Waals surface area contributed by atoms with Gasteiger partial charge in [0.1, 0.15) is 11.6 Å². The monoisotopic (exact) mass is 313 g/mol. The fourth-order valence-corrected chi connectivity index (χ4v) is 2.26. The Bertz CT molecular complexity index is 655. The Morgan fingerprint density at radius 3 is 2.96 bits per heavy atom. The van der Waals surface area contributed by atoms with E-state index in [0.29, 0.717) is 17.8 Å². The van der Waals surface area contributed by atoms with Crippen molar-refractivity contribution in [1.82, 2.24) is 5.32 Å². The Labute approximate surface area is 135 Å². The number of nitrogens with one attached hydrogen (secondary N) is 2. The summed E-state index contributed by atoms with van der Waals surface area (Å²) in [6, 6.07) is 8.46. The van der Waals surface area contributed by atoms with E-state index in [1.165, 1.54) is 13.1 Å². The van der Waals surface area contributed by atoms with Crippen molar-refractivity contribution in [1.29, 1.82) is 5.26 Å². The molecule has 6 heteroatoms. The average molecular weight is 313 g/mol. The van der Waals surface area contributed by atoms with Gasteiger partial charge in [0.25, 0.3) is 5.91 Å². The molecule has 1 heterocycles. The third-order valence-electron chi connectivity index (χ3n) is 3.51. The third kappa shape index (κ3) is 4.94. The highest BCUT2D eigenvalue weighted by Crippen LogP contribution is 2.13. The van der Waals surface area contributed by atoms with E-state index in [1.54, 1.807) is 24.3 Å². The first-order valence-corrected chi connectivity index (χ1v) is 7.47. The zero-order chi connectivity index (χ0) is 16.7. The van der Waals surface area contributed by atoms with Gasteiger partial charge in [-0.05, 0) is 31.9 Å². The number of rotatable bonds is 6. The van der Waals surface area contributed by atoms with Gasteiger partial charge >= 0.3 is 0 Å². The molecule has 1 aromatic carbocycles. The number of amides is 1. The lowest BCUT2D eigenvalue weighted by Gasteiger charge is -2.09. The summed E-state index contributed by atoms with van der Waals surface area (Å²) in [5.41, 5.74) is 0.945. The normalized spacial score (nSPS) is 17.4. The first kappa shape index (κ1) is 16.7. The molecular weight excluding hydrogens is 294 g/mol. The summed E-state index contributed by atoms with van der Waals surface area (Å²) >= 11 is 0. The molecule has 1 unspecified atom stereocenters. The van der Waals surface area contributed by atoms with Crippen molar-refractivity contribution < 1.29 is 14.3 Å². The van der Waals surface area contributed by atoms with E-state index in [2.05, 4.69) is 10.6 Å². The summed E-state index contributed by atoms with van der Waals surface area (Å²) in [7, 11) is 0. The van der Waals surface area contributed by atoms with E-state index < -0.39 is 5.91 Å². The van der Waals surface area contributed by atoms with Gasteiger partial charge in [0.2, 0.25) is 0 Å². The lowest BCUT2D eigenvalue weighted by Crippen LogP contribution is -2.24. The van der Waals surface area contributed by atoms with E-state index >= 15 is 0 Å². The number of hydrogen-bond acceptors (Lipinski definition) is 5. The van der Waals surface area contributed by atoms with Crippen LogP contribution < -0.4 is 10.6 Å². The van der Waals surface area contributed by atoms with Gasteiger partial charge in [0.15, 0.2) is 5.78 Å². The number of benzene rings is 1. The first-order chi connectivity index (χ1) is 11.1. The number of nitriles is 1. The van der Waals surface area contributed by atoms with Gasteiger partial charge in [-0.3, -0.25) is 9.59 Å². The van der Waals surface area contributed by atoms with Gasteiger partial charge in [-0.15, -0.1) is 0 Å². The lowest BCUT2D eigenvalue weighted by molar-refractivity contribution is -0.112. The van der Waals surface area contributed by atoms with Gasteiger partial charge < -0.3 is 15.4 Å². The van der Waals surface area contributed by atoms with Crippen LogP contribution in [0.4, 0.5) is 5.69 Å². The maximum atomic E-state index is 12.1. The Morgan fingerprint density at radius 2 is 2.30 bits per heavy atom. The van der Waals surface area contributed by atoms with Gasteiger partial charge in [-0.25, -0.2) is 0 Å². The molecule has 1 amide bonds. The van der Waals surface area contributed by atoms with Crippen molar-refractivity contribution in [2.24, 2.45) is 0 Å². The van der Waals surface area contributed by atoms with Crippen molar-refractivity contribution in [2.75, 3.05) is 18.5 Å². The van der Waals surface area contributed by atoms with Crippen LogP contribution in [0.5, 0.6) is 0 Å². The number of anilines is 1. The van der Waals surface area contributed by atoms with Gasteiger partial charge in [-0.1, -0.05) is 12.1 Å². The van der Waals surface area contributed by atoms with Crippen molar-refractivity contribution in [3.63, 3.8) is 0 Å². The number of hydrogen-bond donors (Lipinski definition) is 2. The molecule has 6 nitrogen and oxygen atoms in total. The highest BCUT2D eigenvalue weighted by atomic mass is 16.5. The molecule has 2 N–H and O–H groups in total. The highest BCUT2D eigenvalue weighted by molar-refractivity contribution is 6.07. The van der Waals surface area contributed by atoms with Crippen LogP contribution in [0.2, 0.25) is 0 Å². The third-order valence-corrected chi connectivity index (χ3v) is 3.51. The van der Waals surface area contributed by atoms with Crippen LogP contribution in [-0.2, 0) is 9.53 Å². The van der Waals surface area contributed by atoms with Crippen LogP contribution in [-0.4, -0.2) is 30.9 Å². The quantitative estimate of drug-likeness (QED) is 0.476. The summed E-state index contributed by atoms with van der Waals surface area (Å²) in [4.78, 5) is 23.4. The average Bonchev–Trinajstić information content (AvgIpc) is 3.05. The summed E-state index contributed by atoms with van der Waals surface area (Å²) < 4.78 is 5.45. The zero-order valence-electron chi connectivity index (χ0n) is 13.0. The summed E-state index contributed by atoms with van der Waals surface area (Å²) in [5.74, 6) is -0.608. The van der Waals surface area contributed by atoms with E-state index in [0.717, 1.165) is 19.4 Å². The standard InChI is InChI=1S/C17H19N3O3/c1-12(21)13-4-2-5-15(8-13)20-17(22)14(9-18)10-19-11-16-6-3-7-23-16/h2,4-5,8,10,16,19H,3,6-7,11H2,1H3,(H,20,22)/b14-10-. The van der Waals surface area contributed by atoms with Crippen LogP contribution in [0, 0.1) is 11.3 Å². The molecule has 0 aliphatic carbocycles. The lowest BCUT2D eigenvalue weighted by atomic mass is 10.1. The molecular formula is C17H19N3O3. The van der Waals surface area contributed by atoms with Crippen LogP contribution >= 0.6 is 0 Å². The molecule has 1 saturated heterocycles. The minimum atomic E-state index is -0.520. The molecule has 0 aromatic heterocycles. The molecule has 0 radical (unpaired) electrons. The van der Waals surface area contributed by atoms with E-state index in [-0.39, 0.29) is 17.5 Å². The number of carbonyl (C=O) groups excluding carboxylic acids is 2. The first-order valence-electron chi connectivity index (χ1n) is 7.47. The highest BCUT2D eigenvalue weighted by Gasteiger charge is 2.15. The van der Waals surface area contributed by atoms with E-state index in [4.69, 9.17) is 10.00 Å². The van der Waals surface area contributed by atoms with Crippen LogP contribution in [0.1, 0.15) is 30.1 Å². The second-order valence-corrected chi connectivity index (χ2v) is 5.30. The molecule has 1 fully saturated rings. The summed E-state index contributed by atoms with van der Waals surface area (Å²) in [6.07, 6.45) is 3.54. The Morgan fingerprint density at radius 1 is 1.48 bits per heavy atom. The Hall–Kier alpha value is -2.65. The number of ketones is 1. The SMILES string of the molecule is CC(=O)c1cccc(NC(=O)/C(C#N)=C\NCC2CCCO2)c1. The zero-order valence-corrected chi connectivity index (χ0v) is 13.0. The number of ether oxygens (including phenoxy) is 1. The summed E-state index contributed by atoms with van der Waals surface area (Å²) in [5, 5.41) is 14.7. The van der Waals surface area contributed by atoms with Crippen molar-refractivity contribution in [3.05, 3.63) is 41.6 Å². The fourth-order valence-electron chi connectivity index (χ4n) is 2.26. The molecule has 23 heavy (non-hydrogen) atoms. The number of Topliss-reactive ketones (excluding diaryl/α,β-unsaturated/α-hetero) is 1. The van der Waals surface area contributed by atoms with Gasteiger partial charge in [-0.2, -0.15) is 5.26 Å². The predicted octanol–water partition coefficient (Wildman–Crippen LogP) is 2.00. The molecule has 0 bridgehead atoms. The second-order valence-electron chi connectivity index (χ2n) is 5.30. The van der Waals surface area contributed by atoms with Crippen LogP contribution in [0.15, 0.2) is 36.0 Å². The fraction of sp³-hybridized carbons (Fsp3) is 0.353. The molecule has 2 rings (SSSR count). The van der Waals surface area contributed by atoms with Gasteiger partial charge in [0, 0.05) is 30.6 Å². The number of carbonyl (C=O) groups is 2. The van der Waals surface area contributed by atoms with Crippen molar-refractivity contribution in [3.8, 4) is 6.07 Å². The minimum absolute atomic E-state index is 0.0313. The minimum Gasteiger partial charge on any atom is -0.387 e. The van der Waals surface area contributed by atoms with E-state index in [1.807, 2.05) is 6.07 Å². The largest absolute Gasteiger partial charge is 0.387 e. The molecule has 1 aliphatic rings. The second kappa shape index (κ2) is 8.11. The molecule has 1 atom stereocenters. The molecule has 0 saturated carbocycles. The molecule has 120 valence electrons. The summed E-state index contributed by atoms with van der Waals surface area (Å²) in [6.45, 7) is 2.78. The number of nitrogens with zero attached hydrogens (tertiary/aromatic N) is 1. The Kier molecular flexibility index (Phi) is 5.89. The maximum Gasteiger partial charge on any atom is 0.267 e.